The molecule has 1 aromatic heterocycles. The Labute approximate surface area is 316 Å². The minimum atomic E-state index is 0.238. The molecule has 6 aromatic carbocycles. The maximum atomic E-state index is 4.94. The molecule has 2 unspecified atom stereocenters. The molecule has 10 heteroatoms. The van der Waals surface area contributed by atoms with Gasteiger partial charge < -0.3 is 9.80 Å². The lowest BCUT2D eigenvalue weighted by Gasteiger charge is -2.42. The molecule has 3 aliphatic heterocycles. The van der Waals surface area contributed by atoms with Crippen LogP contribution in [0.4, 0.5) is 39.8 Å². The van der Waals surface area contributed by atoms with Gasteiger partial charge in [0.25, 0.3) is 0 Å². The fraction of sp³-hybridized carbons (Fsp3) is 0.0476. The zero-order chi connectivity index (χ0) is 34.2. The van der Waals surface area contributed by atoms with E-state index in [1.165, 1.54) is 54.8 Å². The van der Waals surface area contributed by atoms with Crippen molar-refractivity contribution < 1.29 is 0 Å². The van der Waals surface area contributed by atoms with Gasteiger partial charge in [0.05, 0.1) is 51.4 Å². The lowest BCUT2D eigenvalue weighted by atomic mass is 9.93. The number of fused-ring (bicyclic) bond motifs is 6. The van der Waals surface area contributed by atoms with Crippen LogP contribution in [0.3, 0.4) is 0 Å². The van der Waals surface area contributed by atoms with Gasteiger partial charge in [-0.05, 0) is 71.8 Å². The van der Waals surface area contributed by atoms with Crippen molar-refractivity contribution in [3.05, 3.63) is 146 Å². The Morgan fingerprint density at radius 3 is 1.90 bits per heavy atom. The molecular formula is C42H26N6S4. The number of hydrogen-bond donors (Lipinski definition) is 0. The SMILES string of the molecule is C1=CC2Sc3cc(-c4c5c(c(-c6ccc7c(c6)Sc6ccccc6N7c6ccccc6)c6nsnc46)N=S=N5)ccc3N(c3ccccc3)C2C=C1. The van der Waals surface area contributed by atoms with Gasteiger partial charge in [-0.2, -0.15) is 17.5 Å². The highest BCUT2D eigenvalue weighted by Crippen LogP contribution is 2.56. The van der Waals surface area contributed by atoms with Gasteiger partial charge in [-0.3, -0.25) is 0 Å². The number of thioether (sulfide) groups is 1. The molecule has 4 heterocycles. The molecule has 248 valence electrons. The first-order valence-electron chi connectivity index (χ1n) is 17.0. The zero-order valence-corrected chi connectivity index (χ0v) is 30.6. The molecular weight excluding hydrogens is 717 g/mol. The van der Waals surface area contributed by atoms with Crippen LogP contribution in [0.5, 0.6) is 0 Å². The van der Waals surface area contributed by atoms with Gasteiger partial charge in [-0.15, -0.1) is 11.8 Å². The van der Waals surface area contributed by atoms with Gasteiger partial charge in [0, 0.05) is 37.2 Å². The van der Waals surface area contributed by atoms with E-state index in [0.29, 0.717) is 5.25 Å². The van der Waals surface area contributed by atoms with Crippen molar-refractivity contribution in [1.29, 1.82) is 0 Å². The number of para-hydroxylation sites is 3. The fourth-order valence-corrected chi connectivity index (χ4v) is 11.2. The second-order valence-electron chi connectivity index (χ2n) is 12.8. The number of rotatable bonds is 4. The summed E-state index contributed by atoms with van der Waals surface area (Å²) in [6.07, 6.45) is 8.95. The first-order valence-corrected chi connectivity index (χ1v) is 20.1. The third-order valence-corrected chi connectivity index (χ3v) is 13.4. The highest BCUT2D eigenvalue weighted by molar-refractivity contribution is 8.00. The Bertz CT molecular complexity index is 2720. The molecule has 0 amide bonds. The average molecular weight is 743 g/mol. The normalized spacial score (nSPS) is 17.7. The molecule has 0 saturated heterocycles. The highest BCUT2D eigenvalue weighted by Gasteiger charge is 2.35. The van der Waals surface area contributed by atoms with Gasteiger partial charge in [-0.1, -0.05) is 96.7 Å². The number of anilines is 5. The molecule has 0 N–H and O–H groups in total. The van der Waals surface area contributed by atoms with E-state index in [1.807, 2.05) is 11.8 Å². The summed E-state index contributed by atoms with van der Waals surface area (Å²) in [4.78, 5) is 8.44. The topological polar surface area (TPSA) is 57.0 Å². The molecule has 0 spiro atoms. The average Bonchev–Trinajstić information content (AvgIpc) is 3.89. The quantitative estimate of drug-likeness (QED) is 0.179. The molecule has 0 radical (unpaired) electrons. The largest absolute Gasteiger partial charge is 0.332 e. The lowest BCUT2D eigenvalue weighted by Crippen LogP contribution is -2.41. The number of hydrogen-bond acceptors (Lipinski definition) is 9. The van der Waals surface area contributed by atoms with Crippen LogP contribution in [0, 0.1) is 0 Å². The van der Waals surface area contributed by atoms with Gasteiger partial charge >= 0.3 is 0 Å². The lowest BCUT2D eigenvalue weighted by molar-refractivity contribution is 0.778. The van der Waals surface area contributed by atoms with E-state index >= 15 is 0 Å². The summed E-state index contributed by atoms with van der Waals surface area (Å²) in [6, 6.07) is 43.6. The second kappa shape index (κ2) is 12.2. The van der Waals surface area contributed by atoms with E-state index in [4.69, 9.17) is 17.5 Å². The van der Waals surface area contributed by atoms with Crippen LogP contribution in [0.2, 0.25) is 0 Å². The molecule has 6 nitrogen and oxygen atoms in total. The second-order valence-corrected chi connectivity index (χ2v) is 16.2. The summed E-state index contributed by atoms with van der Waals surface area (Å²) < 4.78 is 19.7. The molecule has 0 fully saturated rings. The number of aromatic nitrogens is 2. The van der Waals surface area contributed by atoms with E-state index in [9.17, 15) is 0 Å². The third-order valence-electron chi connectivity index (χ3n) is 9.91. The van der Waals surface area contributed by atoms with E-state index in [0.717, 1.165) is 56.0 Å². The summed E-state index contributed by atoms with van der Waals surface area (Å²) >= 11 is 6.21. The molecule has 2 atom stereocenters. The van der Waals surface area contributed by atoms with Crippen molar-refractivity contribution >= 4 is 97.5 Å². The molecule has 11 rings (SSSR count). The first kappa shape index (κ1) is 30.4. The number of nitrogens with zero attached hydrogens (tertiary/aromatic N) is 6. The fourth-order valence-electron chi connectivity index (χ4n) is 7.66. The van der Waals surface area contributed by atoms with Crippen LogP contribution < -0.4 is 9.80 Å². The van der Waals surface area contributed by atoms with Gasteiger partial charge in [0.15, 0.2) is 0 Å². The van der Waals surface area contributed by atoms with Gasteiger partial charge in [0.1, 0.15) is 22.4 Å². The highest BCUT2D eigenvalue weighted by atomic mass is 32.2. The van der Waals surface area contributed by atoms with Crippen molar-refractivity contribution in [2.24, 2.45) is 8.73 Å². The molecule has 0 bridgehead atoms. The summed E-state index contributed by atoms with van der Waals surface area (Å²) in [6.45, 7) is 0. The molecule has 1 aliphatic carbocycles. The van der Waals surface area contributed by atoms with Crippen LogP contribution in [0.25, 0.3) is 33.3 Å². The summed E-state index contributed by atoms with van der Waals surface area (Å²) in [7, 11) is 0. The van der Waals surface area contributed by atoms with Crippen molar-refractivity contribution in [2.75, 3.05) is 9.80 Å². The minimum Gasteiger partial charge on any atom is -0.332 e. The zero-order valence-electron chi connectivity index (χ0n) is 27.3. The van der Waals surface area contributed by atoms with Crippen LogP contribution in [0.1, 0.15) is 0 Å². The van der Waals surface area contributed by atoms with Crippen molar-refractivity contribution in [1.82, 2.24) is 8.75 Å². The molecule has 52 heavy (non-hydrogen) atoms. The molecule has 4 aliphatic rings. The number of allylic oxidation sites excluding steroid dienone is 2. The summed E-state index contributed by atoms with van der Waals surface area (Å²) in [5, 5.41) is 0.295. The van der Waals surface area contributed by atoms with Crippen molar-refractivity contribution in [3.8, 4) is 22.3 Å². The summed E-state index contributed by atoms with van der Waals surface area (Å²) in [5.74, 6) is 0. The van der Waals surface area contributed by atoms with E-state index in [-0.39, 0.29) is 6.04 Å². The predicted octanol–water partition coefficient (Wildman–Crippen LogP) is 12.8. The molecule has 7 aromatic rings. The Morgan fingerprint density at radius 1 is 0.538 bits per heavy atom. The van der Waals surface area contributed by atoms with E-state index in [1.54, 1.807) is 11.8 Å². The Kier molecular flexibility index (Phi) is 7.11. The predicted molar refractivity (Wildman–Crippen MR) is 219 cm³/mol. The van der Waals surface area contributed by atoms with Crippen LogP contribution in [-0.4, -0.2) is 20.0 Å². The minimum absolute atomic E-state index is 0.238. The van der Waals surface area contributed by atoms with E-state index < -0.39 is 0 Å². The van der Waals surface area contributed by atoms with Gasteiger partial charge in [0.2, 0.25) is 0 Å². The Morgan fingerprint density at radius 2 is 1.15 bits per heavy atom. The monoisotopic (exact) mass is 742 g/mol. The van der Waals surface area contributed by atoms with E-state index in [2.05, 4.69) is 155 Å². The van der Waals surface area contributed by atoms with Crippen LogP contribution in [-0.2, 0) is 11.4 Å². The Hall–Kier alpha value is -5.26. The standard InChI is InChI=1S/C42H26N6S4/c1-3-11-27(12-4-1)47-29-15-7-9-17-33(29)49-35-23-25(19-21-31(35)47)37-39-41(45-51-43-39)38(42-40(37)44-52-46-42)26-20-22-32-36(24-26)50-34-18-10-8-16-30(34)48(32)28-13-5-2-6-14-28/h1-24,29,33H. The third kappa shape index (κ3) is 4.71. The number of benzene rings is 6. The maximum absolute atomic E-state index is 4.94. The van der Waals surface area contributed by atoms with Crippen molar-refractivity contribution in [2.45, 2.75) is 26.0 Å². The summed E-state index contributed by atoms with van der Waals surface area (Å²) in [5.41, 5.74) is 13.4. The smallest absolute Gasteiger partial charge is 0.115 e. The van der Waals surface area contributed by atoms with Crippen molar-refractivity contribution in [3.63, 3.8) is 0 Å². The van der Waals surface area contributed by atoms with Gasteiger partial charge in [-0.25, -0.2) is 0 Å². The van der Waals surface area contributed by atoms with Crippen LogP contribution >= 0.6 is 35.3 Å². The van der Waals surface area contributed by atoms with Crippen LogP contribution in [0.15, 0.2) is 169 Å². The first-order chi connectivity index (χ1) is 25.8. The molecule has 0 saturated carbocycles. The Balaban J connectivity index is 1.05. The maximum Gasteiger partial charge on any atom is 0.115 e.